The van der Waals surface area contributed by atoms with E-state index in [0.717, 1.165) is 19.3 Å². The van der Waals surface area contributed by atoms with Crippen molar-refractivity contribution in [1.82, 2.24) is 15.8 Å². The maximum atomic E-state index is 12.9. The second kappa shape index (κ2) is 9.47. The van der Waals surface area contributed by atoms with Gasteiger partial charge in [0.2, 0.25) is 11.8 Å². The van der Waals surface area contributed by atoms with Gasteiger partial charge in [0.15, 0.2) is 5.11 Å². The number of thiocarbonyl (C=S) groups is 1. The molecule has 0 radical (unpaired) electrons. The standard InChI is InChI=1S/C18H25FN4O2S/c1-3-12(2)17(25)23-10-4-5-13(11-23)16(24)21-22-18(26)20-15-8-6-14(19)7-9-15/h6-9,12-13H,3-5,10-11H2,1-2H3,(H,21,24)(H2,20,22,26)/t12-,13-/m0/s1. The molecule has 142 valence electrons. The molecule has 8 heteroatoms. The van der Waals surface area contributed by atoms with Gasteiger partial charge >= 0.3 is 0 Å². The van der Waals surface area contributed by atoms with Crippen LogP contribution in [0.1, 0.15) is 33.1 Å². The molecule has 0 aromatic heterocycles. The first-order chi connectivity index (χ1) is 12.4. The number of hydrazine groups is 1. The summed E-state index contributed by atoms with van der Waals surface area (Å²) >= 11 is 5.11. The van der Waals surface area contributed by atoms with Crippen molar-refractivity contribution < 1.29 is 14.0 Å². The Hall–Kier alpha value is -2.22. The van der Waals surface area contributed by atoms with Crippen molar-refractivity contribution >= 4 is 34.8 Å². The summed E-state index contributed by atoms with van der Waals surface area (Å²) in [5.41, 5.74) is 5.84. The van der Waals surface area contributed by atoms with E-state index >= 15 is 0 Å². The molecular formula is C18H25FN4O2S. The van der Waals surface area contributed by atoms with E-state index in [2.05, 4.69) is 16.2 Å². The molecule has 0 aliphatic carbocycles. The zero-order valence-corrected chi connectivity index (χ0v) is 15.9. The Balaban J connectivity index is 1.80. The lowest BCUT2D eigenvalue weighted by molar-refractivity contribution is -0.139. The minimum absolute atomic E-state index is 0.0255. The number of halogens is 1. The Kier molecular flexibility index (Phi) is 7.32. The maximum Gasteiger partial charge on any atom is 0.243 e. The van der Waals surface area contributed by atoms with Gasteiger partial charge in [0.25, 0.3) is 0 Å². The van der Waals surface area contributed by atoms with E-state index in [9.17, 15) is 14.0 Å². The Labute approximate surface area is 158 Å². The van der Waals surface area contributed by atoms with Gasteiger partial charge in [0.1, 0.15) is 5.82 Å². The van der Waals surface area contributed by atoms with E-state index in [0.29, 0.717) is 18.8 Å². The summed E-state index contributed by atoms with van der Waals surface area (Å²) in [5.74, 6) is -0.724. The number of anilines is 1. The average Bonchev–Trinajstić information content (AvgIpc) is 2.66. The minimum atomic E-state index is -0.337. The molecule has 1 aromatic carbocycles. The third-order valence-electron chi connectivity index (χ3n) is 4.54. The van der Waals surface area contributed by atoms with Gasteiger partial charge in [-0.25, -0.2) is 4.39 Å². The highest BCUT2D eigenvalue weighted by atomic mass is 32.1. The van der Waals surface area contributed by atoms with Crippen LogP contribution in [-0.2, 0) is 9.59 Å². The Morgan fingerprint density at radius 1 is 1.31 bits per heavy atom. The number of piperidine rings is 1. The van der Waals surface area contributed by atoms with Crippen LogP contribution in [-0.4, -0.2) is 34.9 Å². The van der Waals surface area contributed by atoms with Gasteiger partial charge in [0.05, 0.1) is 5.92 Å². The quantitative estimate of drug-likeness (QED) is 0.553. The van der Waals surface area contributed by atoms with Gasteiger partial charge in [0, 0.05) is 24.7 Å². The third kappa shape index (κ3) is 5.66. The second-order valence-corrected chi connectivity index (χ2v) is 6.92. The van der Waals surface area contributed by atoms with Crippen molar-refractivity contribution in [3.8, 4) is 0 Å². The predicted octanol–water partition coefficient (Wildman–Crippen LogP) is 2.43. The highest BCUT2D eigenvalue weighted by Gasteiger charge is 2.29. The third-order valence-corrected chi connectivity index (χ3v) is 4.74. The maximum absolute atomic E-state index is 12.9. The highest BCUT2D eigenvalue weighted by molar-refractivity contribution is 7.80. The van der Waals surface area contributed by atoms with E-state index in [1.807, 2.05) is 13.8 Å². The predicted molar refractivity (Wildman–Crippen MR) is 103 cm³/mol. The Morgan fingerprint density at radius 2 is 2.00 bits per heavy atom. The molecule has 1 saturated heterocycles. The van der Waals surface area contributed by atoms with Crippen LogP contribution in [0.5, 0.6) is 0 Å². The number of nitrogens with zero attached hydrogens (tertiary/aromatic N) is 1. The van der Waals surface area contributed by atoms with Crippen molar-refractivity contribution in [2.75, 3.05) is 18.4 Å². The average molecular weight is 380 g/mol. The number of carbonyl (C=O) groups is 2. The van der Waals surface area contributed by atoms with Gasteiger partial charge < -0.3 is 10.2 Å². The lowest BCUT2D eigenvalue weighted by Crippen LogP contribution is -2.51. The molecule has 1 aliphatic rings. The number of amides is 2. The first-order valence-electron chi connectivity index (χ1n) is 8.82. The molecule has 0 saturated carbocycles. The van der Waals surface area contributed by atoms with Gasteiger partial charge in [-0.15, -0.1) is 0 Å². The summed E-state index contributed by atoms with van der Waals surface area (Å²) < 4.78 is 12.9. The van der Waals surface area contributed by atoms with Crippen molar-refractivity contribution in [2.45, 2.75) is 33.1 Å². The van der Waals surface area contributed by atoms with Crippen LogP contribution >= 0.6 is 12.2 Å². The molecule has 6 nitrogen and oxygen atoms in total. The summed E-state index contributed by atoms with van der Waals surface area (Å²) in [4.78, 5) is 26.4. The van der Waals surface area contributed by atoms with Crippen LogP contribution in [0.15, 0.2) is 24.3 Å². The van der Waals surface area contributed by atoms with Crippen LogP contribution in [0.4, 0.5) is 10.1 Å². The monoisotopic (exact) mass is 380 g/mol. The molecule has 2 rings (SSSR count). The number of rotatable bonds is 4. The highest BCUT2D eigenvalue weighted by Crippen LogP contribution is 2.19. The topological polar surface area (TPSA) is 73.5 Å². The van der Waals surface area contributed by atoms with Gasteiger partial charge in [-0.1, -0.05) is 13.8 Å². The zero-order valence-electron chi connectivity index (χ0n) is 15.0. The fraction of sp³-hybridized carbons (Fsp3) is 0.500. The van der Waals surface area contributed by atoms with E-state index in [-0.39, 0.29) is 34.6 Å². The fourth-order valence-corrected chi connectivity index (χ4v) is 2.96. The number of likely N-dealkylation sites (tertiary alicyclic amines) is 1. The Bertz CT molecular complexity index is 653. The lowest BCUT2D eigenvalue weighted by Gasteiger charge is -2.33. The molecule has 0 bridgehead atoms. The molecular weight excluding hydrogens is 355 g/mol. The summed E-state index contributed by atoms with van der Waals surface area (Å²) in [7, 11) is 0. The molecule has 26 heavy (non-hydrogen) atoms. The van der Waals surface area contributed by atoms with Crippen LogP contribution in [0, 0.1) is 17.7 Å². The molecule has 0 unspecified atom stereocenters. The minimum Gasteiger partial charge on any atom is -0.342 e. The van der Waals surface area contributed by atoms with Gasteiger partial charge in [-0.2, -0.15) is 0 Å². The summed E-state index contributed by atoms with van der Waals surface area (Å²) in [6, 6.07) is 5.72. The number of hydrogen-bond donors (Lipinski definition) is 3. The zero-order chi connectivity index (χ0) is 19.1. The van der Waals surface area contributed by atoms with Crippen molar-refractivity contribution in [1.29, 1.82) is 0 Å². The number of hydrogen-bond acceptors (Lipinski definition) is 3. The molecule has 2 atom stereocenters. The smallest absolute Gasteiger partial charge is 0.243 e. The lowest BCUT2D eigenvalue weighted by atomic mass is 9.96. The summed E-state index contributed by atoms with van der Waals surface area (Å²) in [5, 5.41) is 3.05. The normalized spacial score (nSPS) is 18.0. The van der Waals surface area contributed by atoms with Crippen molar-refractivity contribution in [2.24, 2.45) is 11.8 Å². The van der Waals surface area contributed by atoms with Gasteiger partial charge in [-0.05, 0) is 55.7 Å². The largest absolute Gasteiger partial charge is 0.342 e. The number of carbonyl (C=O) groups excluding carboxylic acids is 2. The molecule has 3 N–H and O–H groups in total. The van der Waals surface area contributed by atoms with Crippen LogP contribution in [0.25, 0.3) is 0 Å². The first kappa shape index (κ1) is 20.1. The molecule has 0 spiro atoms. The molecule has 2 amide bonds. The van der Waals surface area contributed by atoms with E-state index in [1.54, 1.807) is 17.0 Å². The Morgan fingerprint density at radius 3 is 2.65 bits per heavy atom. The van der Waals surface area contributed by atoms with E-state index in [4.69, 9.17) is 12.2 Å². The van der Waals surface area contributed by atoms with Gasteiger partial charge in [-0.3, -0.25) is 20.4 Å². The van der Waals surface area contributed by atoms with E-state index < -0.39 is 0 Å². The van der Waals surface area contributed by atoms with Crippen LogP contribution in [0.2, 0.25) is 0 Å². The second-order valence-electron chi connectivity index (χ2n) is 6.51. The van der Waals surface area contributed by atoms with Crippen molar-refractivity contribution in [3.05, 3.63) is 30.1 Å². The van der Waals surface area contributed by atoms with Crippen LogP contribution in [0.3, 0.4) is 0 Å². The SMILES string of the molecule is CC[C@H](C)C(=O)N1CCC[C@H](C(=O)NNC(=S)Nc2ccc(F)cc2)C1. The first-order valence-corrected chi connectivity index (χ1v) is 9.22. The summed E-state index contributed by atoms with van der Waals surface area (Å²) in [6.45, 7) is 5.02. The molecule has 1 fully saturated rings. The molecule has 1 aromatic rings. The summed E-state index contributed by atoms with van der Waals surface area (Å²) in [6.07, 6.45) is 2.32. The van der Waals surface area contributed by atoms with Crippen molar-refractivity contribution in [3.63, 3.8) is 0 Å². The molecule has 1 heterocycles. The van der Waals surface area contributed by atoms with E-state index in [1.165, 1.54) is 12.1 Å². The fourth-order valence-electron chi connectivity index (χ4n) is 2.79. The number of benzene rings is 1. The number of nitrogens with one attached hydrogen (secondary N) is 3. The van der Waals surface area contributed by atoms with Crippen LogP contribution < -0.4 is 16.2 Å². The molecule has 1 aliphatic heterocycles.